The zero-order valence-corrected chi connectivity index (χ0v) is 5.67. The highest BCUT2D eigenvalue weighted by Gasteiger charge is 2.17. The third-order valence-electron chi connectivity index (χ3n) is 1.87. The molecule has 50 valence electrons. The van der Waals surface area contributed by atoms with Crippen LogP contribution in [0.2, 0.25) is 0 Å². The molecule has 2 rings (SSSR count). The highest BCUT2D eigenvalue weighted by molar-refractivity contribution is 5.40. The number of hydrogen-bond donors (Lipinski definition) is 1. The number of nitrogens with two attached hydrogens (primary N) is 1. The summed E-state index contributed by atoms with van der Waals surface area (Å²) in [4.78, 5) is 0. The molecule has 10 heavy (non-hydrogen) atoms. The van der Waals surface area contributed by atoms with Crippen molar-refractivity contribution < 1.29 is 0 Å². The maximum atomic E-state index is 5.78. The minimum absolute atomic E-state index is 0.191. The number of benzene rings is 1. The predicted octanol–water partition coefficient (Wildman–Crippen LogP) is 1.52. The molecule has 0 aliphatic heterocycles. The average Bonchev–Trinajstić information content (AvgIpc) is 2.34. The van der Waals surface area contributed by atoms with E-state index < -0.39 is 0 Å². The fourth-order valence-electron chi connectivity index (χ4n) is 1.31. The molecule has 0 fully saturated rings. The smallest absolute Gasteiger partial charge is 0.0307 e. The van der Waals surface area contributed by atoms with Crippen LogP contribution in [-0.4, -0.2) is 0 Å². The van der Waals surface area contributed by atoms with Crippen molar-refractivity contribution in [3.63, 3.8) is 0 Å². The molecule has 1 aromatic carbocycles. The van der Waals surface area contributed by atoms with Crippen LogP contribution in [0.3, 0.4) is 0 Å². The summed E-state index contributed by atoms with van der Waals surface area (Å²) in [7, 11) is 0. The summed E-state index contributed by atoms with van der Waals surface area (Å²) in [5.41, 5.74) is 8.21. The van der Waals surface area contributed by atoms with Crippen LogP contribution in [0.4, 0.5) is 0 Å². The standard InChI is InChI=1S/C9H9N/c10-9-6-5-7-3-1-2-4-8(7)9/h1-4,9H,6,10H2. The largest absolute Gasteiger partial charge is 0.324 e. The maximum absolute atomic E-state index is 5.78. The Morgan fingerprint density at radius 3 is 3.00 bits per heavy atom. The van der Waals surface area contributed by atoms with Crippen molar-refractivity contribution in [2.45, 2.75) is 12.5 Å². The van der Waals surface area contributed by atoms with Crippen molar-refractivity contribution in [2.75, 3.05) is 0 Å². The van der Waals surface area contributed by atoms with Gasteiger partial charge < -0.3 is 5.73 Å². The van der Waals surface area contributed by atoms with Crippen molar-refractivity contribution in [1.82, 2.24) is 0 Å². The summed E-state index contributed by atoms with van der Waals surface area (Å²) >= 11 is 0. The summed E-state index contributed by atoms with van der Waals surface area (Å²) in [5.74, 6) is 0. The van der Waals surface area contributed by atoms with Gasteiger partial charge in [-0.05, 0) is 17.5 Å². The molecular weight excluding hydrogens is 122 g/mol. The fraction of sp³-hybridized carbons (Fsp3) is 0.222. The SMILES string of the molecule is NC1C[C]c2ccccc21. The molecule has 1 nitrogen and oxygen atoms in total. The number of hydrogen-bond acceptors (Lipinski definition) is 1. The van der Waals surface area contributed by atoms with Crippen molar-refractivity contribution in [3.8, 4) is 0 Å². The van der Waals surface area contributed by atoms with Gasteiger partial charge in [-0.3, -0.25) is 0 Å². The van der Waals surface area contributed by atoms with E-state index in [2.05, 4.69) is 18.6 Å². The molecule has 0 saturated carbocycles. The van der Waals surface area contributed by atoms with E-state index in [0.29, 0.717) is 0 Å². The lowest BCUT2D eigenvalue weighted by atomic mass is 10.1. The van der Waals surface area contributed by atoms with Gasteiger partial charge in [0.1, 0.15) is 0 Å². The minimum Gasteiger partial charge on any atom is -0.324 e. The van der Waals surface area contributed by atoms with E-state index in [4.69, 9.17) is 5.73 Å². The van der Waals surface area contributed by atoms with Gasteiger partial charge in [-0.2, -0.15) is 0 Å². The third-order valence-corrected chi connectivity index (χ3v) is 1.87. The van der Waals surface area contributed by atoms with Crippen LogP contribution in [0.25, 0.3) is 0 Å². The Kier molecular flexibility index (Phi) is 1.24. The molecular formula is C9H9N. The van der Waals surface area contributed by atoms with Crippen LogP contribution in [0.5, 0.6) is 0 Å². The molecule has 0 aromatic heterocycles. The van der Waals surface area contributed by atoms with Gasteiger partial charge in [0.05, 0.1) is 0 Å². The van der Waals surface area contributed by atoms with Crippen LogP contribution in [-0.2, 0) is 0 Å². The van der Waals surface area contributed by atoms with Crippen molar-refractivity contribution in [1.29, 1.82) is 0 Å². The van der Waals surface area contributed by atoms with Gasteiger partial charge in [-0.1, -0.05) is 24.3 Å². The van der Waals surface area contributed by atoms with E-state index in [9.17, 15) is 0 Å². The van der Waals surface area contributed by atoms with Gasteiger partial charge in [0, 0.05) is 12.5 Å². The lowest BCUT2D eigenvalue weighted by Gasteiger charge is -2.01. The van der Waals surface area contributed by atoms with E-state index in [1.165, 1.54) is 11.1 Å². The van der Waals surface area contributed by atoms with Gasteiger partial charge in [0.15, 0.2) is 0 Å². The Bertz CT molecular complexity index is 242. The van der Waals surface area contributed by atoms with Crippen LogP contribution in [0.1, 0.15) is 23.6 Å². The maximum Gasteiger partial charge on any atom is 0.0307 e. The van der Waals surface area contributed by atoms with Crippen molar-refractivity contribution in [3.05, 3.63) is 41.8 Å². The van der Waals surface area contributed by atoms with Gasteiger partial charge >= 0.3 is 0 Å². The Morgan fingerprint density at radius 2 is 2.20 bits per heavy atom. The second-order valence-electron chi connectivity index (χ2n) is 2.57. The molecule has 1 aliphatic rings. The molecule has 1 heteroatoms. The summed E-state index contributed by atoms with van der Waals surface area (Å²) in [6.45, 7) is 0. The first-order chi connectivity index (χ1) is 4.88. The van der Waals surface area contributed by atoms with Crippen LogP contribution < -0.4 is 5.73 Å². The monoisotopic (exact) mass is 131 g/mol. The Balaban J connectivity index is 2.51. The van der Waals surface area contributed by atoms with E-state index in [1.807, 2.05) is 12.1 Å². The zero-order valence-electron chi connectivity index (χ0n) is 5.67. The van der Waals surface area contributed by atoms with Gasteiger partial charge in [-0.15, -0.1) is 0 Å². The van der Waals surface area contributed by atoms with Crippen LogP contribution in [0, 0.1) is 6.42 Å². The quantitative estimate of drug-likeness (QED) is 0.567. The zero-order chi connectivity index (χ0) is 6.97. The Morgan fingerprint density at radius 1 is 1.40 bits per heavy atom. The summed E-state index contributed by atoms with van der Waals surface area (Å²) in [6.07, 6.45) is 4.10. The van der Waals surface area contributed by atoms with Gasteiger partial charge in [0.25, 0.3) is 0 Å². The molecule has 0 bridgehead atoms. The molecule has 0 amide bonds. The molecule has 1 aliphatic carbocycles. The van der Waals surface area contributed by atoms with E-state index >= 15 is 0 Å². The highest BCUT2D eigenvalue weighted by Crippen LogP contribution is 2.29. The lowest BCUT2D eigenvalue weighted by Crippen LogP contribution is -2.04. The second-order valence-corrected chi connectivity index (χ2v) is 2.57. The first-order valence-electron chi connectivity index (χ1n) is 3.46. The lowest BCUT2D eigenvalue weighted by molar-refractivity contribution is 0.762. The third kappa shape index (κ3) is 0.745. The minimum atomic E-state index is 0.191. The van der Waals surface area contributed by atoms with Crippen molar-refractivity contribution in [2.24, 2.45) is 5.73 Å². The van der Waals surface area contributed by atoms with Crippen molar-refractivity contribution >= 4 is 0 Å². The average molecular weight is 131 g/mol. The molecule has 0 heterocycles. The normalized spacial score (nSPS) is 22.7. The second kappa shape index (κ2) is 2.10. The summed E-state index contributed by atoms with van der Waals surface area (Å²) < 4.78 is 0. The first-order valence-corrected chi connectivity index (χ1v) is 3.46. The topological polar surface area (TPSA) is 26.0 Å². The van der Waals surface area contributed by atoms with Crippen LogP contribution in [0.15, 0.2) is 24.3 Å². The van der Waals surface area contributed by atoms with Gasteiger partial charge in [0.2, 0.25) is 0 Å². The molecule has 1 unspecified atom stereocenters. The summed E-state index contributed by atoms with van der Waals surface area (Å²) in [5, 5.41) is 0. The highest BCUT2D eigenvalue weighted by atomic mass is 14.6. The van der Waals surface area contributed by atoms with E-state index in [0.717, 1.165) is 6.42 Å². The van der Waals surface area contributed by atoms with E-state index in [-0.39, 0.29) is 6.04 Å². The number of fused-ring (bicyclic) bond motifs is 1. The Labute approximate surface area is 60.9 Å². The predicted molar refractivity (Wildman–Crippen MR) is 40.3 cm³/mol. The molecule has 0 saturated heterocycles. The van der Waals surface area contributed by atoms with Crippen LogP contribution >= 0.6 is 0 Å². The Hall–Kier alpha value is -0.820. The van der Waals surface area contributed by atoms with E-state index in [1.54, 1.807) is 0 Å². The molecule has 0 spiro atoms. The fourth-order valence-corrected chi connectivity index (χ4v) is 1.31. The molecule has 1 atom stereocenters. The van der Waals surface area contributed by atoms with Gasteiger partial charge in [-0.25, -0.2) is 0 Å². The summed E-state index contributed by atoms with van der Waals surface area (Å²) in [6, 6.07) is 8.36. The molecule has 2 N–H and O–H groups in total. The molecule has 1 aromatic rings. The molecule has 2 radical (unpaired) electrons. The number of rotatable bonds is 0. The first kappa shape index (κ1) is 5.93.